The predicted molar refractivity (Wildman–Crippen MR) is 47.7 cm³/mol. The molecule has 0 unspecified atom stereocenters. The number of primary amides is 1. The van der Waals surface area contributed by atoms with Gasteiger partial charge in [-0.1, -0.05) is 0 Å². The van der Waals surface area contributed by atoms with Gasteiger partial charge in [0.25, 0.3) is 5.91 Å². The number of imidazole rings is 1. The predicted octanol–water partition coefficient (Wildman–Crippen LogP) is -0.239. The molecular formula is C8H7N5O. The lowest BCUT2D eigenvalue weighted by Crippen LogP contribution is -2.17. The first-order chi connectivity index (χ1) is 6.79. The van der Waals surface area contributed by atoms with Gasteiger partial charge in [0.2, 0.25) is 5.82 Å². The molecule has 2 heterocycles. The number of amides is 1. The van der Waals surface area contributed by atoms with Crippen molar-refractivity contribution in [1.29, 1.82) is 0 Å². The van der Waals surface area contributed by atoms with Crippen LogP contribution in [0.3, 0.4) is 0 Å². The number of rotatable bonds is 2. The molecule has 0 aromatic carbocycles. The highest BCUT2D eigenvalue weighted by atomic mass is 16.1. The standard InChI is InChI=1S/C8H7N5O/c9-7(14)8-12-1-2-13(8)6-3-10-5-11-4-6/h1-5H,(H2,9,14). The van der Waals surface area contributed by atoms with Gasteiger partial charge in [-0.05, 0) is 0 Å². The Labute approximate surface area is 79.4 Å². The summed E-state index contributed by atoms with van der Waals surface area (Å²) in [6.07, 6.45) is 7.67. The van der Waals surface area contributed by atoms with Crippen LogP contribution in [-0.4, -0.2) is 25.4 Å². The van der Waals surface area contributed by atoms with Crippen molar-refractivity contribution in [3.8, 4) is 5.69 Å². The van der Waals surface area contributed by atoms with E-state index in [1.165, 1.54) is 17.1 Å². The Kier molecular flexibility index (Phi) is 1.94. The highest BCUT2D eigenvalue weighted by molar-refractivity contribution is 5.89. The molecule has 2 N–H and O–H groups in total. The van der Waals surface area contributed by atoms with Gasteiger partial charge in [0.05, 0.1) is 18.1 Å². The Morgan fingerprint density at radius 3 is 2.71 bits per heavy atom. The maximum atomic E-state index is 11.0. The average Bonchev–Trinajstić information content (AvgIpc) is 2.67. The lowest BCUT2D eigenvalue weighted by atomic mass is 10.5. The van der Waals surface area contributed by atoms with Gasteiger partial charge in [0.15, 0.2) is 0 Å². The van der Waals surface area contributed by atoms with Gasteiger partial charge in [-0.25, -0.2) is 15.0 Å². The van der Waals surface area contributed by atoms with E-state index >= 15 is 0 Å². The molecule has 0 aliphatic rings. The molecule has 0 bridgehead atoms. The topological polar surface area (TPSA) is 86.7 Å². The average molecular weight is 189 g/mol. The number of hydrogen-bond acceptors (Lipinski definition) is 4. The van der Waals surface area contributed by atoms with Crippen LogP contribution in [0.2, 0.25) is 0 Å². The van der Waals surface area contributed by atoms with Crippen LogP contribution in [0.25, 0.3) is 5.69 Å². The molecular weight excluding hydrogens is 182 g/mol. The Bertz CT molecular complexity index is 450. The van der Waals surface area contributed by atoms with Crippen LogP contribution in [-0.2, 0) is 0 Å². The zero-order valence-corrected chi connectivity index (χ0v) is 7.16. The maximum absolute atomic E-state index is 11.0. The number of aromatic nitrogens is 4. The molecule has 2 aromatic rings. The van der Waals surface area contributed by atoms with Crippen molar-refractivity contribution in [2.75, 3.05) is 0 Å². The minimum absolute atomic E-state index is 0.166. The molecule has 6 heteroatoms. The van der Waals surface area contributed by atoms with Crippen LogP contribution in [0.5, 0.6) is 0 Å². The van der Waals surface area contributed by atoms with Gasteiger partial charge in [0.1, 0.15) is 6.33 Å². The van der Waals surface area contributed by atoms with E-state index < -0.39 is 5.91 Å². The molecule has 2 aromatic heterocycles. The first-order valence-corrected chi connectivity index (χ1v) is 3.87. The maximum Gasteiger partial charge on any atom is 0.285 e. The van der Waals surface area contributed by atoms with Gasteiger partial charge < -0.3 is 5.73 Å². The number of nitrogens with two attached hydrogens (primary N) is 1. The van der Waals surface area contributed by atoms with Crippen LogP contribution in [0.4, 0.5) is 0 Å². The van der Waals surface area contributed by atoms with Crippen LogP contribution in [0.15, 0.2) is 31.1 Å². The molecule has 0 fully saturated rings. The summed E-state index contributed by atoms with van der Waals surface area (Å²) < 4.78 is 1.53. The molecule has 0 aliphatic heterocycles. The second-order valence-corrected chi connectivity index (χ2v) is 2.58. The lowest BCUT2D eigenvalue weighted by molar-refractivity contribution is 0.0989. The smallest absolute Gasteiger partial charge is 0.285 e. The summed E-state index contributed by atoms with van der Waals surface area (Å²) in [5, 5.41) is 0. The van der Waals surface area contributed by atoms with Crippen LogP contribution < -0.4 is 5.73 Å². The largest absolute Gasteiger partial charge is 0.363 e. The zero-order chi connectivity index (χ0) is 9.97. The minimum atomic E-state index is -0.584. The summed E-state index contributed by atoms with van der Waals surface area (Å²) in [7, 11) is 0. The molecule has 0 atom stereocenters. The van der Waals surface area contributed by atoms with E-state index in [4.69, 9.17) is 5.73 Å². The van der Waals surface area contributed by atoms with E-state index in [-0.39, 0.29) is 5.82 Å². The van der Waals surface area contributed by atoms with E-state index in [0.29, 0.717) is 5.69 Å². The van der Waals surface area contributed by atoms with Gasteiger partial charge in [-0.3, -0.25) is 9.36 Å². The van der Waals surface area contributed by atoms with Crippen LogP contribution in [0, 0.1) is 0 Å². The zero-order valence-electron chi connectivity index (χ0n) is 7.16. The fourth-order valence-electron chi connectivity index (χ4n) is 1.11. The fraction of sp³-hybridized carbons (Fsp3) is 0. The fourth-order valence-corrected chi connectivity index (χ4v) is 1.11. The van der Waals surface area contributed by atoms with Crippen molar-refractivity contribution < 1.29 is 4.79 Å². The quantitative estimate of drug-likeness (QED) is 0.706. The molecule has 6 nitrogen and oxygen atoms in total. The molecule has 1 amide bonds. The number of hydrogen-bond donors (Lipinski definition) is 1. The van der Waals surface area contributed by atoms with Crippen molar-refractivity contribution in [2.45, 2.75) is 0 Å². The van der Waals surface area contributed by atoms with E-state index in [0.717, 1.165) is 0 Å². The molecule has 2 rings (SSSR count). The lowest BCUT2D eigenvalue weighted by Gasteiger charge is -2.02. The third-order valence-electron chi connectivity index (χ3n) is 1.69. The molecule has 0 aliphatic carbocycles. The normalized spacial score (nSPS) is 10.0. The summed E-state index contributed by atoms with van der Waals surface area (Å²) in [6, 6.07) is 0. The van der Waals surface area contributed by atoms with Gasteiger partial charge in [-0.15, -0.1) is 0 Å². The van der Waals surface area contributed by atoms with E-state index in [9.17, 15) is 4.79 Å². The third-order valence-corrected chi connectivity index (χ3v) is 1.69. The van der Waals surface area contributed by atoms with Crippen molar-refractivity contribution in [1.82, 2.24) is 19.5 Å². The summed E-state index contributed by atoms with van der Waals surface area (Å²) >= 11 is 0. The number of nitrogens with zero attached hydrogens (tertiary/aromatic N) is 4. The molecule has 70 valence electrons. The second kappa shape index (κ2) is 3.25. The molecule has 0 saturated heterocycles. The Hall–Kier alpha value is -2.24. The Balaban J connectivity index is 2.52. The molecule has 0 saturated carbocycles. The summed E-state index contributed by atoms with van der Waals surface area (Å²) in [5.74, 6) is -0.418. The van der Waals surface area contributed by atoms with Crippen molar-refractivity contribution in [3.05, 3.63) is 36.9 Å². The SMILES string of the molecule is NC(=O)c1nccn1-c1cncnc1. The summed E-state index contributed by atoms with van der Waals surface area (Å²) in [6.45, 7) is 0. The monoisotopic (exact) mass is 189 g/mol. The van der Waals surface area contributed by atoms with E-state index in [1.807, 2.05) is 0 Å². The van der Waals surface area contributed by atoms with Crippen molar-refractivity contribution >= 4 is 5.91 Å². The first kappa shape index (κ1) is 8.36. The van der Waals surface area contributed by atoms with Crippen LogP contribution >= 0.6 is 0 Å². The Morgan fingerprint density at radius 1 is 1.36 bits per heavy atom. The van der Waals surface area contributed by atoms with Gasteiger partial charge >= 0.3 is 0 Å². The minimum Gasteiger partial charge on any atom is -0.363 e. The molecule has 14 heavy (non-hydrogen) atoms. The second-order valence-electron chi connectivity index (χ2n) is 2.58. The summed E-state index contributed by atoms with van der Waals surface area (Å²) in [4.78, 5) is 22.4. The number of carbonyl (C=O) groups is 1. The molecule has 0 radical (unpaired) electrons. The first-order valence-electron chi connectivity index (χ1n) is 3.87. The van der Waals surface area contributed by atoms with Gasteiger partial charge in [-0.2, -0.15) is 0 Å². The highest BCUT2D eigenvalue weighted by Crippen LogP contribution is 2.06. The molecule has 0 spiro atoms. The Morgan fingerprint density at radius 2 is 2.07 bits per heavy atom. The third kappa shape index (κ3) is 1.33. The van der Waals surface area contributed by atoms with Crippen LogP contribution in [0.1, 0.15) is 10.6 Å². The van der Waals surface area contributed by atoms with E-state index in [1.54, 1.807) is 18.6 Å². The van der Waals surface area contributed by atoms with Crippen molar-refractivity contribution in [3.63, 3.8) is 0 Å². The summed E-state index contributed by atoms with van der Waals surface area (Å²) in [5.41, 5.74) is 5.78. The highest BCUT2D eigenvalue weighted by Gasteiger charge is 2.09. The van der Waals surface area contributed by atoms with Crippen molar-refractivity contribution in [2.24, 2.45) is 5.73 Å². The van der Waals surface area contributed by atoms with Gasteiger partial charge in [0, 0.05) is 12.4 Å². The number of carbonyl (C=O) groups excluding carboxylic acids is 1. The van der Waals surface area contributed by atoms with E-state index in [2.05, 4.69) is 15.0 Å².